The van der Waals surface area contributed by atoms with Crippen molar-refractivity contribution in [2.75, 3.05) is 11.4 Å². The van der Waals surface area contributed by atoms with Crippen LogP contribution in [0.4, 0.5) is 14.9 Å². The molecule has 24 heavy (non-hydrogen) atoms. The predicted molar refractivity (Wildman–Crippen MR) is 81.5 cm³/mol. The largest absolute Gasteiger partial charge is 0.352 e. The molecule has 1 aromatic heterocycles. The Morgan fingerprint density at radius 3 is 2.50 bits per heavy atom. The Kier molecular flexibility index (Phi) is 2.96. The fourth-order valence-electron chi connectivity index (χ4n) is 3.22. The Balaban J connectivity index is 1.76. The minimum absolute atomic E-state index is 0.156. The summed E-state index contributed by atoms with van der Waals surface area (Å²) in [5, 5.41) is 4.44. The van der Waals surface area contributed by atoms with Crippen molar-refractivity contribution in [2.45, 2.75) is 12.1 Å². The number of benzene rings is 1. The molecule has 0 aliphatic carbocycles. The maximum atomic E-state index is 13.7. The van der Waals surface area contributed by atoms with Crippen molar-refractivity contribution in [1.82, 2.24) is 15.2 Å². The molecule has 2 aromatic rings. The van der Waals surface area contributed by atoms with Crippen LogP contribution in [0.5, 0.6) is 0 Å². The third-order valence-electron chi connectivity index (χ3n) is 4.34. The Morgan fingerprint density at radius 2 is 1.83 bits per heavy atom. The van der Waals surface area contributed by atoms with Gasteiger partial charge < -0.3 is 14.8 Å². The van der Waals surface area contributed by atoms with E-state index in [1.165, 1.54) is 17.0 Å². The highest BCUT2D eigenvalue weighted by Crippen LogP contribution is 2.42. The molecular formula is C16H13FN4O3. The number of urea groups is 1. The van der Waals surface area contributed by atoms with Crippen molar-refractivity contribution in [3.8, 4) is 0 Å². The summed E-state index contributed by atoms with van der Waals surface area (Å²) in [6, 6.07) is 6.75. The lowest BCUT2D eigenvalue weighted by Crippen LogP contribution is -2.52. The number of carbonyl (C=O) groups excluding carboxylic acids is 3. The molecule has 2 N–H and O–H groups in total. The zero-order valence-electron chi connectivity index (χ0n) is 12.5. The maximum Gasteiger partial charge on any atom is 0.323 e. The second-order valence-corrected chi connectivity index (χ2v) is 5.70. The number of rotatable bonds is 3. The van der Waals surface area contributed by atoms with E-state index in [1.54, 1.807) is 0 Å². The number of amides is 4. The van der Waals surface area contributed by atoms with Crippen LogP contribution in [0.2, 0.25) is 0 Å². The molecule has 0 saturated carbocycles. The summed E-state index contributed by atoms with van der Waals surface area (Å²) >= 11 is 0. The van der Waals surface area contributed by atoms with Gasteiger partial charge in [-0.05, 0) is 30.3 Å². The Hall–Kier alpha value is -3.16. The van der Waals surface area contributed by atoms with Gasteiger partial charge in [-0.2, -0.15) is 0 Å². The molecule has 4 rings (SSSR count). The van der Waals surface area contributed by atoms with Crippen LogP contribution in [0.15, 0.2) is 42.7 Å². The lowest BCUT2D eigenvalue weighted by atomic mass is 9.91. The summed E-state index contributed by atoms with van der Waals surface area (Å²) in [6.07, 6.45) is 3.71. The highest BCUT2D eigenvalue weighted by atomic mass is 19.1. The summed E-state index contributed by atoms with van der Waals surface area (Å²) in [4.78, 5) is 38.2. The van der Waals surface area contributed by atoms with E-state index in [-0.39, 0.29) is 12.1 Å². The van der Waals surface area contributed by atoms with E-state index < -0.39 is 29.2 Å². The monoisotopic (exact) mass is 328 g/mol. The van der Waals surface area contributed by atoms with Crippen LogP contribution < -0.4 is 15.5 Å². The van der Waals surface area contributed by atoms with E-state index in [0.717, 1.165) is 6.07 Å². The zero-order valence-corrected chi connectivity index (χ0v) is 12.5. The molecule has 3 heterocycles. The molecule has 1 aromatic carbocycles. The van der Waals surface area contributed by atoms with Crippen molar-refractivity contribution in [1.29, 1.82) is 0 Å². The quantitative estimate of drug-likeness (QED) is 0.643. The van der Waals surface area contributed by atoms with Gasteiger partial charge >= 0.3 is 6.03 Å². The van der Waals surface area contributed by atoms with Gasteiger partial charge in [0, 0.05) is 31.0 Å². The molecule has 2 aliphatic heterocycles. The van der Waals surface area contributed by atoms with Crippen LogP contribution in [-0.2, 0) is 21.7 Å². The Morgan fingerprint density at radius 1 is 1.08 bits per heavy atom. The molecular weight excluding hydrogens is 315 g/mol. The van der Waals surface area contributed by atoms with E-state index in [1.807, 2.05) is 29.1 Å². The topological polar surface area (TPSA) is 83.4 Å². The van der Waals surface area contributed by atoms with E-state index in [4.69, 9.17) is 0 Å². The summed E-state index contributed by atoms with van der Waals surface area (Å²) in [5.74, 6) is -1.95. The number of carbonyl (C=O) groups is 3. The summed E-state index contributed by atoms with van der Waals surface area (Å²) in [5.41, 5.74) is -1.31. The molecule has 8 heteroatoms. The lowest BCUT2D eigenvalue weighted by Gasteiger charge is -2.21. The molecule has 1 spiro atoms. The van der Waals surface area contributed by atoms with Crippen molar-refractivity contribution in [2.24, 2.45) is 0 Å². The van der Waals surface area contributed by atoms with Gasteiger partial charge in [0.2, 0.25) is 5.54 Å². The molecule has 1 atom stereocenters. The van der Waals surface area contributed by atoms with Crippen LogP contribution in [0.1, 0.15) is 5.56 Å². The fraction of sp³-hybridized carbons (Fsp3) is 0.188. The smallest absolute Gasteiger partial charge is 0.323 e. The third-order valence-corrected chi connectivity index (χ3v) is 4.34. The van der Waals surface area contributed by atoms with E-state index in [2.05, 4.69) is 10.6 Å². The van der Waals surface area contributed by atoms with Gasteiger partial charge in [0.05, 0.1) is 5.69 Å². The number of halogens is 1. The van der Waals surface area contributed by atoms with Crippen molar-refractivity contribution >= 4 is 23.5 Å². The standard InChI is InChI=1S/C16H13FN4O3/c17-10-3-4-12-11(9-10)16(13(22)18-15(24)19-16)14(23)21(12)8-7-20-5-1-2-6-20/h1-6,9H,7-8H2,(H2,18,19,22,24). The normalized spacial score (nSPS) is 22.0. The highest BCUT2D eigenvalue weighted by Gasteiger charge is 2.61. The summed E-state index contributed by atoms with van der Waals surface area (Å²) in [6.45, 7) is 0.790. The van der Waals surface area contributed by atoms with Crippen LogP contribution in [-0.4, -0.2) is 29.0 Å². The van der Waals surface area contributed by atoms with Gasteiger partial charge in [0.15, 0.2) is 0 Å². The number of aromatic nitrogens is 1. The van der Waals surface area contributed by atoms with Crippen molar-refractivity contribution in [3.05, 3.63) is 54.1 Å². The number of fused-ring (bicyclic) bond motifs is 2. The fourth-order valence-corrected chi connectivity index (χ4v) is 3.22. The average molecular weight is 328 g/mol. The first-order chi connectivity index (χ1) is 11.5. The number of nitrogens with one attached hydrogen (secondary N) is 2. The van der Waals surface area contributed by atoms with Gasteiger partial charge in [-0.15, -0.1) is 0 Å². The lowest BCUT2D eigenvalue weighted by molar-refractivity contribution is -0.133. The number of hydrogen-bond acceptors (Lipinski definition) is 3. The second kappa shape index (κ2) is 4.92. The molecule has 1 fully saturated rings. The van der Waals surface area contributed by atoms with Crippen LogP contribution in [0, 0.1) is 5.82 Å². The highest BCUT2D eigenvalue weighted by molar-refractivity contribution is 6.27. The van der Waals surface area contributed by atoms with Crippen LogP contribution >= 0.6 is 0 Å². The first-order valence-electron chi connectivity index (χ1n) is 7.39. The van der Waals surface area contributed by atoms with Gasteiger partial charge in [0.1, 0.15) is 5.82 Å². The van der Waals surface area contributed by atoms with Crippen LogP contribution in [0.25, 0.3) is 0 Å². The molecule has 122 valence electrons. The van der Waals surface area contributed by atoms with Crippen molar-refractivity contribution in [3.63, 3.8) is 0 Å². The SMILES string of the molecule is O=C1NC(=O)C2(N1)C(=O)N(CCn1cccc1)c1ccc(F)cc12. The average Bonchev–Trinajstić information content (AvgIpc) is 3.20. The molecule has 0 bridgehead atoms. The number of imide groups is 1. The van der Waals surface area contributed by atoms with Gasteiger partial charge in [-0.3, -0.25) is 14.9 Å². The van der Waals surface area contributed by atoms with E-state index in [0.29, 0.717) is 12.2 Å². The molecule has 7 nitrogen and oxygen atoms in total. The molecule has 0 radical (unpaired) electrons. The Bertz CT molecular complexity index is 864. The molecule has 1 saturated heterocycles. The first kappa shape index (κ1) is 14.4. The molecule has 2 aliphatic rings. The van der Waals surface area contributed by atoms with Gasteiger partial charge in [-0.25, -0.2) is 9.18 Å². The number of anilines is 1. The summed E-state index contributed by atoms with van der Waals surface area (Å²) in [7, 11) is 0. The molecule has 4 amide bonds. The minimum atomic E-state index is -1.88. The molecule has 1 unspecified atom stereocenters. The first-order valence-corrected chi connectivity index (χ1v) is 7.39. The third kappa shape index (κ3) is 1.86. The Labute approximate surface area is 136 Å². The van der Waals surface area contributed by atoms with Crippen molar-refractivity contribution < 1.29 is 18.8 Å². The number of hydrogen-bond donors (Lipinski definition) is 2. The van der Waals surface area contributed by atoms with Gasteiger partial charge in [0.25, 0.3) is 11.8 Å². The summed E-state index contributed by atoms with van der Waals surface area (Å²) < 4.78 is 15.6. The second-order valence-electron chi connectivity index (χ2n) is 5.70. The van der Waals surface area contributed by atoms with E-state index in [9.17, 15) is 18.8 Å². The predicted octanol–water partition coefficient (Wildman–Crippen LogP) is 0.709. The minimum Gasteiger partial charge on any atom is -0.352 e. The van der Waals surface area contributed by atoms with Crippen LogP contribution in [0.3, 0.4) is 0 Å². The zero-order chi connectivity index (χ0) is 16.9. The maximum absolute atomic E-state index is 13.7. The number of nitrogens with zero attached hydrogens (tertiary/aromatic N) is 2. The van der Waals surface area contributed by atoms with E-state index >= 15 is 0 Å². The van der Waals surface area contributed by atoms with Gasteiger partial charge in [-0.1, -0.05) is 0 Å².